The van der Waals surface area contributed by atoms with E-state index in [1.165, 1.54) is 36.6 Å². The minimum atomic E-state index is -3.62. The van der Waals surface area contributed by atoms with Crippen LogP contribution in [0, 0.1) is 0 Å². The highest BCUT2D eigenvalue weighted by molar-refractivity contribution is 7.90. The number of hydrogen-bond donors (Lipinski definition) is 2. The van der Waals surface area contributed by atoms with E-state index in [1.807, 2.05) is 44.3 Å². The molecule has 0 fully saturated rings. The first-order valence-corrected chi connectivity index (χ1v) is 12.9. The van der Waals surface area contributed by atoms with Gasteiger partial charge in [-0.2, -0.15) is 0 Å². The maximum absolute atomic E-state index is 13.0. The summed E-state index contributed by atoms with van der Waals surface area (Å²) < 4.78 is 31.4. The lowest BCUT2D eigenvalue weighted by Crippen LogP contribution is -2.31. The summed E-state index contributed by atoms with van der Waals surface area (Å²) in [5.74, 6) is 0.0983. The van der Waals surface area contributed by atoms with Gasteiger partial charge in [-0.25, -0.2) is 18.2 Å². The van der Waals surface area contributed by atoms with Gasteiger partial charge in [-0.3, -0.25) is 4.90 Å². The number of anilines is 1. The summed E-state index contributed by atoms with van der Waals surface area (Å²) in [5, 5.41) is 6.18. The van der Waals surface area contributed by atoms with Crippen molar-refractivity contribution >= 4 is 32.9 Å². The van der Waals surface area contributed by atoms with Crippen LogP contribution in [0.25, 0.3) is 0 Å². The van der Waals surface area contributed by atoms with Gasteiger partial charge in [0.25, 0.3) is 0 Å². The van der Waals surface area contributed by atoms with Crippen molar-refractivity contribution in [3.05, 3.63) is 69.7 Å². The fourth-order valence-electron chi connectivity index (χ4n) is 3.70. The molecule has 1 aliphatic heterocycles. The average Bonchev–Trinajstić information content (AvgIpc) is 3.30. The van der Waals surface area contributed by atoms with Crippen LogP contribution in [-0.4, -0.2) is 38.5 Å². The summed E-state index contributed by atoms with van der Waals surface area (Å²) in [6.45, 7) is 3.42. The fraction of sp³-hybridized carbons (Fsp3) is 0.304. The van der Waals surface area contributed by atoms with E-state index >= 15 is 0 Å². The number of sulfone groups is 1. The second-order valence-electron chi connectivity index (χ2n) is 8.00. The number of amides is 2. The molecule has 4 rings (SSSR count). The smallest absolute Gasteiger partial charge is 0.319 e. The highest BCUT2D eigenvalue weighted by Crippen LogP contribution is 2.32. The number of benzene rings is 2. The maximum atomic E-state index is 13.0. The Morgan fingerprint density at radius 1 is 1.21 bits per heavy atom. The van der Waals surface area contributed by atoms with Crippen molar-refractivity contribution < 1.29 is 17.9 Å². The van der Waals surface area contributed by atoms with Crippen LogP contribution in [0.15, 0.2) is 53.4 Å². The van der Waals surface area contributed by atoms with Gasteiger partial charge in [-0.05, 0) is 31.7 Å². The summed E-state index contributed by atoms with van der Waals surface area (Å²) in [7, 11) is -0.178. The van der Waals surface area contributed by atoms with Gasteiger partial charge in [-0.1, -0.05) is 30.3 Å². The number of carbonyl (C=O) groups excluding carboxylic acids is 1. The quantitative estimate of drug-likeness (QED) is 0.524. The van der Waals surface area contributed by atoms with Gasteiger partial charge in [-0.15, -0.1) is 11.3 Å². The van der Waals surface area contributed by atoms with Crippen LogP contribution in [0.3, 0.4) is 0 Å². The Morgan fingerprint density at radius 2 is 1.97 bits per heavy atom. The van der Waals surface area contributed by atoms with Crippen LogP contribution in [0.2, 0.25) is 0 Å². The average molecular weight is 487 g/mol. The molecule has 0 aliphatic carbocycles. The van der Waals surface area contributed by atoms with Crippen molar-refractivity contribution in [3.63, 3.8) is 0 Å². The van der Waals surface area contributed by atoms with Gasteiger partial charge in [0.1, 0.15) is 16.5 Å². The summed E-state index contributed by atoms with van der Waals surface area (Å²) in [5.41, 5.74) is 2.31. The van der Waals surface area contributed by atoms with Crippen molar-refractivity contribution in [2.75, 3.05) is 19.5 Å². The number of carbonyl (C=O) groups is 1. The van der Waals surface area contributed by atoms with E-state index in [2.05, 4.69) is 20.5 Å². The van der Waals surface area contributed by atoms with E-state index in [0.717, 1.165) is 29.2 Å². The van der Waals surface area contributed by atoms with Gasteiger partial charge >= 0.3 is 6.03 Å². The number of thiazole rings is 1. The summed E-state index contributed by atoms with van der Waals surface area (Å²) >= 11 is 1.44. The van der Waals surface area contributed by atoms with Gasteiger partial charge < -0.3 is 15.4 Å². The molecule has 10 heteroatoms. The van der Waals surface area contributed by atoms with Crippen LogP contribution >= 0.6 is 11.3 Å². The lowest BCUT2D eigenvalue weighted by atomic mass is 10.1. The van der Waals surface area contributed by atoms with Crippen molar-refractivity contribution in [2.45, 2.75) is 36.7 Å². The first-order chi connectivity index (χ1) is 15.7. The first-order valence-electron chi connectivity index (χ1n) is 10.4. The number of aromatic nitrogens is 1. The third-order valence-electron chi connectivity index (χ3n) is 5.40. The molecule has 2 aromatic carbocycles. The molecule has 0 saturated carbocycles. The third kappa shape index (κ3) is 5.35. The number of urea groups is 1. The number of ether oxygens (including phenoxy) is 1. The third-order valence-corrected chi connectivity index (χ3v) is 8.29. The summed E-state index contributed by atoms with van der Waals surface area (Å²) in [4.78, 5) is 20.4. The molecule has 1 aliphatic rings. The van der Waals surface area contributed by atoms with Crippen molar-refractivity contribution in [2.24, 2.45) is 0 Å². The molecule has 0 bridgehead atoms. The minimum Gasteiger partial charge on any atom is -0.495 e. The minimum absolute atomic E-state index is 0.121. The van der Waals surface area contributed by atoms with E-state index in [-0.39, 0.29) is 22.4 Å². The first kappa shape index (κ1) is 23.2. The normalized spacial score (nSPS) is 14.5. The second kappa shape index (κ2) is 9.50. The molecule has 8 nitrogen and oxygen atoms in total. The molecule has 3 aromatic rings. The van der Waals surface area contributed by atoms with E-state index in [9.17, 15) is 13.2 Å². The van der Waals surface area contributed by atoms with Crippen LogP contribution in [-0.2, 0) is 28.7 Å². The second-order valence-corrected chi connectivity index (χ2v) is 11.2. The molecule has 1 aromatic heterocycles. The highest BCUT2D eigenvalue weighted by Gasteiger charge is 2.25. The zero-order valence-corrected chi connectivity index (χ0v) is 20.3. The Labute approximate surface area is 197 Å². The van der Waals surface area contributed by atoms with Crippen LogP contribution in [0.5, 0.6) is 5.75 Å². The van der Waals surface area contributed by atoms with Crippen molar-refractivity contribution in [3.8, 4) is 5.75 Å². The SMILES string of the molecule is COc1cc(S(=O)(=O)Cc2nc3c(s2)CN(C)C3)ccc1NC(=O)N[C@@H](C)c1ccccc1. The molecule has 0 spiro atoms. The number of hydrogen-bond acceptors (Lipinski definition) is 7. The maximum Gasteiger partial charge on any atom is 0.319 e. The molecule has 2 amide bonds. The van der Waals surface area contributed by atoms with E-state index in [1.54, 1.807) is 0 Å². The molecule has 0 radical (unpaired) electrons. The molecule has 33 heavy (non-hydrogen) atoms. The number of fused-ring (bicyclic) bond motifs is 1. The molecular formula is C23H26N4O4S2. The van der Waals surface area contributed by atoms with E-state index in [0.29, 0.717) is 10.7 Å². The largest absolute Gasteiger partial charge is 0.495 e. The topological polar surface area (TPSA) is 101 Å². The fourth-order valence-corrected chi connectivity index (χ4v) is 6.47. The number of rotatable bonds is 7. The van der Waals surface area contributed by atoms with Gasteiger partial charge in [0.15, 0.2) is 9.84 Å². The van der Waals surface area contributed by atoms with Gasteiger partial charge in [0, 0.05) is 24.0 Å². The van der Waals surface area contributed by atoms with Gasteiger partial charge in [0.2, 0.25) is 0 Å². The zero-order valence-electron chi connectivity index (χ0n) is 18.7. The van der Waals surface area contributed by atoms with Crippen molar-refractivity contribution in [1.29, 1.82) is 0 Å². The summed E-state index contributed by atoms with van der Waals surface area (Å²) in [6, 6.07) is 13.4. The van der Waals surface area contributed by atoms with E-state index < -0.39 is 15.9 Å². The lowest BCUT2D eigenvalue weighted by Gasteiger charge is -2.16. The standard InChI is InChI=1S/C23H26N4O4S2/c1-15(16-7-5-4-6-8-16)24-23(28)26-18-10-9-17(11-20(18)31-3)33(29,30)14-22-25-19-12-27(2)13-21(19)32-22/h4-11,15H,12-14H2,1-3H3,(H2,24,26,28)/t15-/m0/s1. The Balaban J connectivity index is 1.45. The molecule has 2 N–H and O–H groups in total. The van der Waals surface area contributed by atoms with Crippen molar-refractivity contribution in [1.82, 2.24) is 15.2 Å². The van der Waals surface area contributed by atoms with E-state index in [4.69, 9.17) is 4.74 Å². The Bertz CT molecular complexity index is 1240. The molecule has 0 saturated heterocycles. The number of nitrogens with zero attached hydrogens (tertiary/aromatic N) is 2. The monoisotopic (exact) mass is 486 g/mol. The van der Waals surface area contributed by atoms with Crippen LogP contribution in [0.4, 0.5) is 10.5 Å². The Hall–Kier alpha value is -2.95. The molecule has 174 valence electrons. The molecule has 2 heterocycles. The predicted molar refractivity (Wildman–Crippen MR) is 128 cm³/mol. The lowest BCUT2D eigenvalue weighted by molar-refractivity contribution is 0.249. The number of nitrogens with one attached hydrogen (secondary N) is 2. The van der Waals surface area contributed by atoms with Crippen LogP contribution in [0.1, 0.15) is 34.1 Å². The number of methoxy groups -OCH3 is 1. The van der Waals surface area contributed by atoms with Crippen LogP contribution < -0.4 is 15.4 Å². The Morgan fingerprint density at radius 3 is 2.67 bits per heavy atom. The predicted octanol–water partition coefficient (Wildman–Crippen LogP) is 3.95. The molecule has 1 atom stereocenters. The van der Waals surface area contributed by atoms with Gasteiger partial charge in [0.05, 0.1) is 29.4 Å². The Kier molecular flexibility index (Phi) is 6.68. The highest BCUT2D eigenvalue weighted by atomic mass is 32.2. The molecule has 0 unspecified atom stereocenters. The summed E-state index contributed by atoms with van der Waals surface area (Å²) in [6.07, 6.45) is 0. The molecular weight excluding hydrogens is 460 g/mol. The zero-order chi connectivity index (χ0) is 23.6.